The predicted molar refractivity (Wildman–Crippen MR) is 70.8 cm³/mol. The summed E-state index contributed by atoms with van der Waals surface area (Å²) < 4.78 is 13.5. The zero-order chi connectivity index (χ0) is 12.3. The standard InChI is InChI=1S/C16H17F/c1-16(2,17)12-13-8-10-15(11-9-13)14-6-4-3-5-7-14/h3-11H,12H2,1-2H3. The van der Waals surface area contributed by atoms with Crippen LogP contribution >= 0.6 is 0 Å². The molecule has 1 heteroatoms. The zero-order valence-electron chi connectivity index (χ0n) is 10.3. The molecule has 0 spiro atoms. The van der Waals surface area contributed by atoms with Gasteiger partial charge in [-0.25, -0.2) is 4.39 Å². The van der Waals surface area contributed by atoms with Crippen LogP contribution in [0.25, 0.3) is 11.1 Å². The first-order valence-electron chi connectivity index (χ1n) is 5.88. The van der Waals surface area contributed by atoms with E-state index in [-0.39, 0.29) is 0 Å². The number of hydrogen-bond donors (Lipinski definition) is 0. The van der Waals surface area contributed by atoms with E-state index in [0.29, 0.717) is 6.42 Å². The Bertz CT molecular complexity index is 463. The molecule has 0 aliphatic carbocycles. The molecule has 0 aliphatic rings. The molecule has 0 amide bonds. The van der Waals surface area contributed by atoms with Crippen molar-refractivity contribution in [3.8, 4) is 11.1 Å². The van der Waals surface area contributed by atoms with Gasteiger partial charge in [-0.05, 0) is 30.5 Å². The number of halogens is 1. The van der Waals surface area contributed by atoms with Crippen molar-refractivity contribution in [1.82, 2.24) is 0 Å². The highest BCUT2D eigenvalue weighted by molar-refractivity contribution is 5.63. The fourth-order valence-corrected chi connectivity index (χ4v) is 1.93. The lowest BCUT2D eigenvalue weighted by Crippen LogP contribution is -2.15. The Labute approximate surface area is 102 Å². The number of rotatable bonds is 3. The first-order chi connectivity index (χ1) is 8.04. The summed E-state index contributed by atoms with van der Waals surface area (Å²) in [6.45, 7) is 3.22. The molecule has 0 aromatic heterocycles. The van der Waals surface area contributed by atoms with Gasteiger partial charge >= 0.3 is 0 Å². The van der Waals surface area contributed by atoms with Gasteiger partial charge in [-0.1, -0.05) is 54.6 Å². The third-order valence-corrected chi connectivity index (χ3v) is 2.69. The van der Waals surface area contributed by atoms with E-state index in [4.69, 9.17) is 0 Å². The molecule has 0 nitrogen and oxygen atoms in total. The highest BCUT2D eigenvalue weighted by Crippen LogP contribution is 2.22. The number of benzene rings is 2. The molecule has 2 rings (SSSR count). The molecule has 0 fully saturated rings. The van der Waals surface area contributed by atoms with Crippen LogP contribution in [0.2, 0.25) is 0 Å². The molecule has 0 radical (unpaired) electrons. The summed E-state index contributed by atoms with van der Waals surface area (Å²) in [5.74, 6) is 0. The van der Waals surface area contributed by atoms with E-state index in [0.717, 1.165) is 5.56 Å². The molecular formula is C16H17F. The summed E-state index contributed by atoms with van der Waals surface area (Å²) in [5.41, 5.74) is 2.26. The van der Waals surface area contributed by atoms with Gasteiger partial charge in [0.1, 0.15) is 5.67 Å². The summed E-state index contributed by atoms with van der Waals surface area (Å²) in [4.78, 5) is 0. The maximum Gasteiger partial charge on any atom is 0.109 e. The van der Waals surface area contributed by atoms with Crippen molar-refractivity contribution in [2.24, 2.45) is 0 Å². The first kappa shape index (κ1) is 11.8. The molecule has 0 heterocycles. The smallest absolute Gasteiger partial charge is 0.109 e. The molecule has 0 aliphatic heterocycles. The van der Waals surface area contributed by atoms with Gasteiger partial charge in [0, 0.05) is 6.42 Å². The Kier molecular flexibility index (Phi) is 3.28. The van der Waals surface area contributed by atoms with Crippen LogP contribution < -0.4 is 0 Å². The van der Waals surface area contributed by atoms with E-state index >= 15 is 0 Å². The van der Waals surface area contributed by atoms with E-state index in [1.807, 2.05) is 30.3 Å². The molecule has 0 bridgehead atoms. The fraction of sp³-hybridized carbons (Fsp3) is 0.250. The monoisotopic (exact) mass is 228 g/mol. The molecule has 0 saturated heterocycles. The van der Waals surface area contributed by atoms with E-state index in [9.17, 15) is 4.39 Å². The van der Waals surface area contributed by atoms with E-state index < -0.39 is 5.67 Å². The van der Waals surface area contributed by atoms with Gasteiger partial charge in [0.05, 0.1) is 0 Å². The minimum absolute atomic E-state index is 0.460. The average molecular weight is 228 g/mol. The van der Waals surface area contributed by atoms with Crippen LogP contribution in [0, 0.1) is 0 Å². The highest BCUT2D eigenvalue weighted by atomic mass is 19.1. The van der Waals surface area contributed by atoms with Crippen molar-refractivity contribution in [2.75, 3.05) is 0 Å². The molecule has 0 N–H and O–H groups in total. The molecule has 0 saturated carbocycles. The Balaban J connectivity index is 2.19. The minimum atomic E-state index is -1.14. The average Bonchev–Trinajstić information content (AvgIpc) is 2.29. The minimum Gasteiger partial charge on any atom is -0.244 e. The first-order valence-corrected chi connectivity index (χ1v) is 5.88. The fourth-order valence-electron chi connectivity index (χ4n) is 1.93. The Morgan fingerprint density at radius 3 is 1.88 bits per heavy atom. The van der Waals surface area contributed by atoms with Gasteiger partial charge in [0.15, 0.2) is 0 Å². The lowest BCUT2D eigenvalue weighted by atomic mass is 9.97. The van der Waals surface area contributed by atoms with Gasteiger partial charge in [-0.3, -0.25) is 0 Å². The largest absolute Gasteiger partial charge is 0.244 e. The van der Waals surface area contributed by atoms with Gasteiger partial charge < -0.3 is 0 Å². The molecule has 17 heavy (non-hydrogen) atoms. The van der Waals surface area contributed by atoms with Crippen LogP contribution in [0.5, 0.6) is 0 Å². The van der Waals surface area contributed by atoms with Crippen molar-refractivity contribution in [2.45, 2.75) is 25.9 Å². The van der Waals surface area contributed by atoms with E-state index in [1.165, 1.54) is 11.1 Å². The normalized spacial score (nSPS) is 11.5. The molecule has 2 aromatic rings. The van der Waals surface area contributed by atoms with Crippen LogP contribution in [0.4, 0.5) is 4.39 Å². The second-order valence-electron chi connectivity index (χ2n) is 4.96. The van der Waals surface area contributed by atoms with Gasteiger partial charge in [-0.2, -0.15) is 0 Å². The van der Waals surface area contributed by atoms with Gasteiger partial charge in [0.2, 0.25) is 0 Å². The summed E-state index contributed by atoms with van der Waals surface area (Å²) in [6, 6.07) is 18.3. The SMILES string of the molecule is CC(C)(F)Cc1ccc(-c2ccccc2)cc1. The third kappa shape index (κ3) is 3.42. The van der Waals surface area contributed by atoms with Crippen LogP contribution in [0.3, 0.4) is 0 Å². The molecular weight excluding hydrogens is 211 g/mol. The van der Waals surface area contributed by atoms with Crippen molar-refractivity contribution in [3.05, 3.63) is 60.2 Å². The topological polar surface area (TPSA) is 0 Å². The molecule has 88 valence electrons. The zero-order valence-corrected chi connectivity index (χ0v) is 10.3. The van der Waals surface area contributed by atoms with E-state index in [1.54, 1.807) is 13.8 Å². The second-order valence-corrected chi connectivity index (χ2v) is 4.96. The van der Waals surface area contributed by atoms with Gasteiger partial charge in [0.25, 0.3) is 0 Å². The van der Waals surface area contributed by atoms with Crippen LogP contribution in [-0.2, 0) is 6.42 Å². The number of hydrogen-bond acceptors (Lipinski definition) is 0. The summed E-state index contributed by atoms with van der Waals surface area (Å²) in [6.07, 6.45) is 0.460. The third-order valence-electron chi connectivity index (χ3n) is 2.69. The van der Waals surface area contributed by atoms with E-state index in [2.05, 4.69) is 24.3 Å². The maximum absolute atomic E-state index is 13.5. The van der Waals surface area contributed by atoms with Crippen molar-refractivity contribution in [1.29, 1.82) is 0 Å². The van der Waals surface area contributed by atoms with Crippen LogP contribution in [0.15, 0.2) is 54.6 Å². The maximum atomic E-state index is 13.5. The summed E-state index contributed by atoms with van der Waals surface area (Å²) >= 11 is 0. The van der Waals surface area contributed by atoms with Gasteiger partial charge in [-0.15, -0.1) is 0 Å². The molecule has 0 atom stereocenters. The summed E-state index contributed by atoms with van der Waals surface area (Å²) in [7, 11) is 0. The Morgan fingerprint density at radius 1 is 0.824 bits per heavy atom. The Hall–Kier alpha value is -1.63. The van der Waals surface area contributed by atoms with Crippen LogP contribution in [0.1, 0.15) is 19.4 Å². The van der Waals surface area contributed by atoms with Crippen molar-refractivity contribution in [3.63, 3.8) is 0 Å². The number of alkyl halides is 1. The Morgan fingerprint density at radius 2 is 1.35 bits per heavy atom. The highest BCUT2D eigenvalue weighted by Gasteiger charge is 2.15. The van der Waals surface area contributed by atoms with Crippen molar-refractivity contribution < 1.29 is 4.39 Å². The molecule has 2 aromatic carbocycles. The van der Waals surface area contributed by atoms with Crippen LogP contribution in [-0.4, -0.2) is 5.67 Å². The predicted octanol–water partition coefficient (Wildman–Crippen LogP) is 4.64. The second kappa shape index (κ2) is 4.70. The molecule has 0 unspecified atom stereocenters. The quantitative estimate of drug-likeness (QED) is 0.717. The summed E-state index contributed by atoms with van der Waals surface area (Å²) in [5, 5.41) is 0. The van der Waals surface area contributed by atoms with Crippen molar-refractivity contribution >= 4 is 0 Å². The lowest BCUT2D eigenvalue weighted by Gasteiger charge is -2.14. The lowest BCUT2D eigenvalue weighted by molar-refractivity contribution is 0.217.